The average Bonchev–Trinajstić information content (AvgIpc) is 2.64. The Kier molecular flexibility index (Phi) is 15.7. The molecule has 0 radical (unpaired) electrons. The van der Waals surface area contributed by atoms with Crippen molar-refractivity contribution in [2.45, 2.75) is 135 Å². The van der Waals surface area contributed by atoms with Crippen LogP contribution in [0.2, 0.25) is 0 Å². The quantitative estimate of drug-likeness (QED) is 0.165. The Morgan fingerprint density at radius 3 is 1.36 bits per heavy atom. The molecule has 0 fully saturated rings. The molecule has 0 unspecified atom stereocenters. The molecule has 0 aromatic carbocycles. The molecule has 0 aliphatic rings. The highest BCUT2D eigenvalue weighted by atomic mass is 16.6. The van der Waals surface area contributed by atoms with E-state index in [1.165, 1.54) is 77.6 Å². The fraction of sp³-hybridized carbons (Fsp3) is 0.955. The first kappa shape index (κ1) is 27.3. The molecule has 6 heteroatoms. The van der Waals surface area contributed by atoms with E-state index >= 15 is 0 Å². The van der Waals surface area contributed by atoms with Crippen LogP contribution < -0.4 is 5.32 Å². The smallest absolute Gasteiger partial charge is 0.303 e. The van der Waals surface area contributed by atoms with E-state index < -0.39 is 17.6 Å². The van der Waals surface area contributed by atoms with Crippen LogP contribution in [0.4, 0.5) is 0 Å². The number of hydrogen-bond acceptors (Lipinski definition) is 5. The van der Waals surface area contributed by atoms with Crippen molar-refractivity contribution in [1.29, 1.82) is 0 Å². The summed E-state index contributed by atoms with van der Waals surface area (Å²) in [5, 5.41) is 39.9. The number of aliphatic hydroxyl groups is 4. The molecule has 0 aliphatic heterocycles. The van der Waals surface area contributed by atoms with E-state index in [0.717, 1.165) is 19.3 Å². The Hall–Kier alpha value is -0.690. The lowest BCUT2D eigenvalue weighted by molar-refractivity contribution is -0.366. The van der Waals surface area contributed by atoms with Gasteiger partial charge in [0.2, 0.25) is 11.7 Å². The van der Waals surface area contributed by atoms with Crippen molar-refractivity contribution in [2.75, 3.05) is 0 Å². The van der Waals surface area contributed by atoms with Crippen LogP contribution in [0.3, 0.4) is 0 Å². The lowest BCUT2D eigenvalue weighted by Gasteiger charge is -2.34. The topological polar surface area (TPSA) is 110 Å². The normalized spacial score (nSPS) is 12.4. The summed E-state index contributed by atoms with van der Waals surface area (Å²) < 4.78 is 0. The van der Waals surface area contributed by atoms with E-state index in [9.17, 15) is 25.2 Å². The Balaban J connectivity index is 3.45. The van der Waals surface area contributed by atoms with Gasteiger partial charge in [0.1, 0.15) is 0 Å². The van der Waals surface area contributed by atoms with Crippen LogP contribution in [0.25, 0.3) is 0 Å². The summed E-state index contributed by atoms with van der Waals surface area (Å²) in [6, 6.07) is 0. The molecule has 0 saturated carbocycles. The third-order valence-corrected chi connectivity index (χ3v) is 5.37. The van der Waals surface area contributed by atoms with E-state index in [1.54, 1.807) is 0 Å². The first-order valence-corrected chi connectivity index (χ1v) is 11.5. The Labute approximate surface area is 171 Å². The zero-order chi connectivity index (χ0) is 21.3. The summed E-state index contributed by atoms with van der Waals surface area (Å²) >= 11 is 0. The van der Waals surface area contributed by atoms with Gasteiger partial charge in [-0.25, -0.2) is 0 Å². The lowest BCUT2D eigenvalue weighted by atomic mass is 10.0. The van der Waals surface area contributed by atoms with Gasteiger partial charge in [-0.05, 0) is 6.42 Å². The van der Waals surface area contributed by atoms with Gasteiger partial charge in [0.05, 0.1) is 0 Å². The molecule has 0 aromatic heterocycles. The summed E-state index contributed by atoms with van der Waals surface area (Å²) in [7, 11) is 0. The molecule has 0 aromatic rings. The average molecular weight is 404 g/mol. The maximum atomic E-state index is 11.7. The van der Waals surface area contributed by atoms with Crippen molar-refractivity contribution in [3.05, 3.63) is 0 Å². The summed E-state index contributed by atoms with van der Waals surface area (Å²) in [6.45, 7) is 3.63. The van der Waals surface area contributed by atoms with E-state index in [4.69, 9.17) is 0 Å². The van der Waals surface area contributed by atoms with Crippen molar-refractivity contribution >= 4 is 5.91 Å². The zero-order valence-corrected chi connectivity index (χ0v) is 18.2. The number of amides is 1. The van der Waals surface area contributed by atoms with Gasteiger partial charge in [-0.15, -0.1) is 0 Å². The number of carbonyl (C=O) groups excluding carboxylic acids is 1. The molecule has 5 N–H and O–H groups in total. The largest absolute Gasteiger partial charge is 0.360 e. The zero-order valence-electron chi connectivity index (χ0n) is 18.2. The van der Waals surface area contributed by atoms with Crippen LogP contribution in [0, 0.1) is 0 Å². The molecule has 0 spiro atoms. The van der Waals surface area contributed by atoms with E-state index in [0.29, 0.717) is 6.42 Å². The van der Waals surface area contributed by atoms with E-state index in [-0.39, 0.29) is 12.8 Å². The second-order valence-corrected chi connectivity index (χ2v) is 8.09. The predicted molar refractivity (Wildman–Crippen MR) is 112 cm³/mol. The second kappa shape index (κ2) is 16.1. The molecule has 1 amide bonds. The third kappa shape index (κ3) is 13.5. The minimum atomic E-state index is -3.03. The molecule has 0 atom stereocenters. The van der Waals surface area contributed by atoms with Crippen LogP contribution in [0.1, 0.15) is 123 Å². The van der Waals surface area contributed by atoms with Gasteiger partial charge < -0.3 is 25.7 Å². The number of nitrogens with one attached hydrogen (secondary N) is 1. The molecule has 0 heterocycles. The van der Waals surface area contributed by atoms with E-state index in [1.807, 2.05) is 5.32 Å². The fourth-order valence-electron chi connectivity index (χ4n) is 3.26. The van der Waals surface area contributed by atoms with Crippen molar-refractivity contribution in [3.8, 4) is 0 Å². The van der Waals surface area contributed by atoms with Crippen LogP contribution in [-0.4, -0.2) is 38.0 Å². The summed E-state index contributed by atoms with van der Waals surface area (Å²) in [5.41, 5.74) is 0. The van der Waals surface area contributed by atoms with Crippen LogP contribution in [-0.2, 0) is 4.79 Å². The van der Waals surface area contributed by atoms with Gasteiger partial charge in [-0.1, -0.05) is 104 Å². The van der Waals surface area contributed by atoms with Gasteiger partial charge >= 0.3 is 5.91 Å². The second-order valence-electron chi connectivity index (χ2n) is 8.09. The molecule has 168 valence electrons. The van der Waals surface area contributed by atoms with Crippen LogP contribution >= 0.6 is 0 Å². The van der Waals surface area contributed by atoms with Gasteiger partial charge in [0, 0.05) is 12.8 Å². The number of unbranched alkanes of at least 4 members (excludes halogenated alkanes) is 14. The highest BCUT2D eigenvalue weighted by Gasteiger charge is 2.47. The van der Waals surface area contributed by atoms with Crippen LogP contribution in [0.15, 0.2) is 0 Å². The summed E-state index contributed by atoms with van der Waals surface area (Å²) in [5.74, 6) is -6.40. The molecule has 6 nitrogen and oxygen atoms in total. The molecule has 0 aliphatic carbocycles. The van der Waals surface area contributed by atoms with Gasteiger partial charge in [0.15, 0.2) is 0 Å². The monoisotopic (exact) mass is 403 g/mol. The highest BCUT2D eigenvalue weighted by molar-refractivity contribution is 5.76. The maximum Gasteiger partial charge on any atom is 0.303 e. The van der Waals surface area contributed by atoms with Crippen molar-refractivity contribution in [2.24, 2.45) is 0 Å². The first-order chi connectivity index (χ1) is 13.3. The highest BCUT2D eigenvalue weighted by Crippen LogP contribution is 2.18. The molecular weight excluding hydrogens is 358 g/mol. The summed E-state index contributed by atoms with van der Waals surface area (Å²) in [6.07, 6.45) is 18.4. The van der Waals surface area contributed by atoms with Crippen molar-refractivity contribution < 1.29 is 25.2 Å². The Morgan fingerprint density at radius 2 is 1.00 bits per heavy atom. The first-order valence-electron chi connectivity index (χ1n) is 11.5. The summed E-state index contributed by atoms with van der Waals surface area (Å²) in [4.78, 5) is 11.7. The van der Waals surface area contributed by atoms with Crippen molar-refractivity contribution in [3.63, 3.8) is 0 Å². The fourth-order valence-corrected chi connectivity index (χ4v) is 3.26. The minimum Gasteiger partial charge on any atom is -0.360 e. The molecular formula is C22H45NO5. The standard InChI is InChI=1S/C22H45NO5/c1-3-5-6-7-8-9-10-11-12-13-14-15-16-17-18-19-20(24)23-22(27,28)21(25,26)4-2/h25-28H,3-19H2,1-2H3,(H,23,24). The number of rotatable bonds is 19. The number of carbonyl (C=O) groups is 1. The molecule has 0 rings (SSSR count). The lowest BCUT2D eigenvalue weighted by Crippen LogP contribution is -2.64. The van der Waals surface area contributed by atoms with Crippen LogP contribution in [0.5, 0.6) is 0 Å². The van der Waals surface area contributed by atoms with Gasteiger partial charge in [-0.2, -0.15) is 0 Å². The maximum absolute atomic E-state index is 11.7. The minimum absolute atomic E-state index is 0.140. The molecule has 0 bridgehead atoms. The van der Waals surface area contributed by atoms with Gasteiger partial charge in [-0.3, -0.25) is 4.79 Å². The number of hydrogen-bond donors (Lipinski definition) is 5. The predicted octanol–water partition coefficient (Wildman–Crippen LogP) is 4.09. The molecule has 28 heavy (non-hydrogen) atoms. The SMILES string of the molecule is CCCCCCCCCCCCCCCCCC(=O)NC(O)(O)C(O)(O)CC. The van der Waals surface area contributed by atoms with Gasteiger partial charge in [0.25, 0.3) is 0 Å². The Bertz CT molecular complexity index is 385. The third-order valence-electron chi connectivity index (χ3n) is 5.37. The van der Waals surface area contributed by atoms with E-state index in [2.05, 4.69) is 6.92 Å². The van der Waals surface area contributed by atoms with Crippen molar-refractivity contribution in [1.82, 2.24) is 5.32 Å². The molecule has 0 saturated heterocycles. The Morgan fingerprint density at radius 1 is 0.643 bits per heavy atom.